The molecule has 0 saturated carbocycles. The Morgan fingerprint density at radius 1 is 1.35 bits per heavy atom. The fraction of sp³-hybridized carbons (Fsp3) is 0.400. The molecule has 2 N–H and O–H groups in total. The Balaban J connectivity index is 2.42. The standard InChI is InChI=1S/C15H19N3O2/c1-9(2)20-7-6-13-11-8-10(3)4-5-12(11)17-15(18-13)14(16)19/h4-5,8-9H,6-7H2,1-3H3,(H2,16,19). The minimum atomic E-state index is -0.612. The van der Waals surface area contributed by atoms with Crippen molar-refractivity contribution in [1.29, 1.82) is 0 Å². The molecule has 1 aromatic carbocycles. The fourth-order valence-electron chi connectivity index (χ4n) is 2.00. The molecule has 1 amide bonds. The molecule has 0 saturated heterocycles. The Bertz CT molecular complexity index is 638. The van der Waals surface area contributed by atoms with Gasteiger partial charge in [0.15, 0.2) is 0 Å². The minimum Gasteiger partial charge on any atom is -0.378 e. The molecule has 0 aliphatic heterocycles. The van der Waals surface area contributed by atoms with Gasteiger partial charge in [-0.25, -0.2) is 9.97 Å². The number of carbonyl (C=O) groups excluding carboxylic acids is 1. The van der Waals surface area contributed by atoms with Crippen LogP contribution in [0.5, 0.6) is 0 Å². The van der Waals surface area contributed by atoms with Gasteiger partial charge in [0.2, 0.25) is 5.82 Å². The zero-order valence-electron chi connectivity index (χ0n) is 12.0. The van der Waals surface area contributed by atoms with Gasteiger partial charge >= 0.3 is 0 Å². The molecular weight excluding hydrogens is 254 g/mol. The number of primary amides is 1. The van der Waals surface area contributed by atoms with E-state index in [9.17, 15) is 4.79 Å². The Morgan fingerprint density at radius 2 is 2.10 bits per heavy atom. The van der Waals surface area contributed by atoms with E-state index in [0.29, 0.717) is 13.0 Å². The monoisotopic (exact) mass is 273 g/mol. The lowest BCUT2D eigenvalue weighted by Crippen LogP contribution is -2.17. The van der Waals surface area contributed by atoms with Crippen molar-refractivity contribution in [3.63, 3.8) is 0 Å². The van der Waals surface area contributed by atoms with E-state index in [2.05, 4.69) is 9.97 Å². The Kier molecular flexibility index (Phi) is 4.29. The average Bonchev–Trinajstić information content (AvgIpc) is 2.38. The molecule has 0 atom stereocenters. The first-order valence-electron chi connectivity index (χ1n) is 6.66. The highest BCUT2D eigenvalue weighted by atomic mass is 16.5. The number of ether oxygens (including phenoxy) is 1. The lowest BCUT2D eigenvalue weighted by Gasteiger charge is -2.10. The molecule has 20 heavy (non-hydrogen) atoms. The number of hydrogen-bond donors (Lipinski definition) is 1. The maximum absolute atomic E-state index is 11.3. The van der Waals surface area contributed by atoms with Gasteiger partial charge in [-0.2, -0.15) is 0 Å². The summed E-state index contributed by atoms with van der Waals surface area (Å²) < 4.78 is 5.55. The lowest BCUT2D eigenvalue weighted by atomic mass is 10.1. The molecule has 5 heteroatoms. The van der Waals surface area contributed by atoms with Crippen LogP contribution in [0.3, 0.4) is 0 Å². The summed E-state index contributed by atoms with van der Waals surface area (Å²) in [7, 11) is 0. The van der Waals surface area contributed by atoms with E-state index in [1.165, 1.54) is 0 Å². The van der Waals surface area contributed by atoms with E-state index in [1.54, 1.807) is 0 Å². The molecule has 2 aromatic rings. The van der Waals surface area contributed by atoms with Gasteiger partial charge in [-0.1, -0.05) is 11.6 Å². The van der Waals surface area contributed by atoms with E-state index in [0.717, 1.165) is 22.2 Å². The van der Waals surface area contributed by atoms with Gasteiger partial charge in [0, 0.05) is 11.8 Å². The summed E-state index contributed by atoms with van der Waals surface area (Å²) >= 11 is 0. The van der Waals surface area contributed by atoms with E-state index in [-0.39, 0.29) is 11.9 Å². The normalized spacial score (nSPS) is 11.2. The summed E-state index contributed by atoms with van der Waals surface area (Å²) in [6.07, 6.45) is 0.793. The number of nitrogens with two attached hydrogens (primary N) is 1. The SMILES string of the molecule is Cc1ccc2nc(C(N)=O)nc(CCOC(C)C)c2c1. The minimum absolute atomic E-state index is 0.0564. The van der Waals surface area contributed by atoms with Crippen LogP contribution in [-0.4, -0.2) is 28.6 Å². The third-order valence-electron chi connectivity index (χ3n) is 2.94. The first-order valence-corrected chi connectivity index (χ1v) is 6.66. The van der Waals surface area contributed by atoms with E-state index >= 15 is 0 Å². The molecule has 0 bridgehead atoms. The average molecular weight is 273 g/mol. The van der Waals surface area contributed by atoms with Gasteiger partial charge < -0.3 is 10.5 Å². The van der Waals surface area contributed by atoms with Crippen molar-refractivity contribution in [2.75, 3.05) is 6.61 Å². The van der Waals surface area contributed by atoms with Crippen LogP contribution in [0, 0.1) is 6.92 Å². The van der Waals surface area contributed by atoms with Crippen molar-refractivity contribution < 1.29 is 9.53 Å². The Hall–Kier alpha value is -2.01. The molecule has 0 aliphatic rings. The van der Waals surface area contributed by atoms with Crippen LogP contribution in [0.2, 0.25) is 0 Å². The van der Waals surface area contributed by atoms with Crippen LogP contribution in [0.1, 0.15) is 35.7 Å². The van der Waals surface area contributed by atoms with Crippen molar-refractivity contribution in [3.8, 4) is 0 Å². The second-order valence-corrected chi connectivity index (χ2v) is 5.05. The molecule has 5 nitrogen and oxygen atoms in total. The lowest BCUT2D eigenvalue weighted by molar-refractivity contribution is 0.0809. The fourth-order valence-corrected chi connectivity index (χ4v) is 2.00. The van der Waals surface area contributed by atoms with Crippen LogP contribution in [0.15, 0.2) is 18.2 Å². The molecule has 2 rings (SSSR count). The highest BCUT2D eigenvalue weighted by Gasteiger charge is 2.11. The zero-order chi connectivity index (χ0) is 14.7. The van der Waals surface area contributed by atoms with E-state index in [1.807, 2.05) is 39.0 Å². The quantitative estimate of drug-likeness (QED) is 0.903. The summed E-state index contributed by atoms with van der Waals surface area (Å²) in [5, 5.41) is 0.947. The molecular formula is C15H19N3O2. The zero-order valence-corrected chi connectivity index (χ0v) is 12.0. The Morgan fingerprint density at radius 3 is 2.75 bits per heavy atom. The van der Waals surface area contributed by atoms with Crippen LogP contribution in [0.25, 0.3) is 10.9 Å². The molecule has 0 fully saturated rings. The van der Waals surface area contributed by atoms with Crippen LogP contribution >= 0.6 is 0 Å². The predicted octanol–water partition coefficient (Wildman–Crippen LogP) is 2.00. The Labute approximate surface area is 118 Å². The van der Waals surface area contributed by atoms with E-state index in [4.69, 9.17) is 10.5 Å². The van der Waals surface area contributed by atoms with Gasteiger partial charge in [0.1, 0.15) is 0 Å². The number of carbonyl (C=O) groups is 1. The highest BCUT2D eigenvalue weighted by molar-refractivity contribution is 5.92. The summed E-state index contributed by atoms with van der Waals surface area (Å²) in [6.45, 7) is 6.53. The molecule has 0 radical (unpaired) electrons. The smallest absolute Gasteiger partial charge is 0.286 e. The van der Waals surface area contributed by atoms with Gasteiger partial charge in [-0.3, -0.25) is 4.79 Å². The second-order valence-electron chi connectivity index (χ2n) is 5.05. The van der Waals surface area contributed by atoms with Crippen molar-refractivity contribution in [2.45, 2.75) is 33.3 Å². The number of amides is 1. The summed E-state index contributed by atoms with van der Waals surface area (Å²) in [4.78, 5) is 19.8. The number of benzene rings is 1. The number of nitrogens with zero attached hydrogens (tertiary/aromatic N) is 2. The van der Waals surface area contributed by atoms with Gasteiger partial charge in [-0.15, -0.1) is 0 Å². The summed E-state index contributed by atoms with van der Waals surface area (Å²) in [5.41, 5.74) is 7.94. The summed E-state index contributed by atoms with van der Waals surface area (Å²) in [6, 6.07) is 5.85. The van der Waals surface area contributed by atoms with Crippen molar-refractivity contribution in [3.05, 3.63) is 35.3 Å². The number of aromatic nitrogens is 2. The highest BCUT2D eigenvalue weighted by Crippen LogP contribution is 2.18. The molecule has 0 aliphatic carbocycles. The number of hydrogen-bond acceptors (Lipinski definition) is 4. The first kappa shape index (κ1) is 14.4. The third kappa shape index (κ3) is 3.30. The van der Waals surface area contributed by atoms with Crippen molar-refractivity contribution in [2.24, 2.45) is 5.73 Å². The predicted molar refractivity (Wildman–Crippen MR) is 77.6 cm³/mol. The summed E-state index contributed by atoms with van der Waals surface area (Å²) in [5.74, 6) is -0.556. The topological polar surface area (TPSA) is 78.1 Å². The molecule has 1 aromatic heterocycles. The number of fused-ring (bicyclic) bond motifs is 1. The molecule has 106 valence electrons. The molecule has 1 heterocycles. The second kappa shape index (κ2) is 5.96. The number of aryl methyl sites for hydroxylation is 1. The van der Waals surface area contributed by atoms with E-state index < -0.39 is 5.91 Å². The van der Waals surface area contributed by atoms with Gasteiger partial charge in [0.05, 0.1) is 23.9 Å². The van der Waals surface area contributed by atoms with Gasteiger partial charge in [0.25, 0.3) is 5.91 Å². The molecule has 0 spiro atoms. The van der Waals surface area contributed by atoms with Crippen LogP contribution < -0.4 is 5.73 Å². The number of rotatable bonds is 5. The first-order chi connectivity index (χ1) is 9.47. The van der Waals surface area contributed by atoms with Crippen molar-refractivity contribution >= 4 is 16.8 Å². The maximum Gasteiger partial charge on any atom is 0.286 e. The largest absolute Gasteiger partial charge is 0.378 e. The van der Waals surface area contributed by atoms with Crippen LogP contribution in [0.4, 0.5) is 0 Å². The maximum atomic E-state index is 11.3. The van der Waals surface area contributed by atoms with Crippen molar-refractivity contribution in [1.82, 2.24) is 9.97 Å². The van der Waals surface area contributed by atoms with Crippen LogP contribution in [-0.2, 0) is 11.2 Å². The van der Waals surface area contributed by atoms with Gasteiger partial charge in [-0.05, 0) is 32.9 Å². The molecule has 0 unspecified atom stereocenters. The third-order valence-corrected chi connectivity index (χ3v) is 2.94.